The molecule has 3 rings (SSSR count). The maximum Gasteiger partial charge on any atom is 0.222 e. The van der Waals surface area contributed by atoms with Gasteiger partial charge in [-0.05, 0) is 32.7 Å². The molecule has 0 saturated carbocycles. The maximum absolute atomic E-state index is 12.5. The number of ether oxygens (including phenoxy) is 2. The summed E-state index contributed by atoms with van der Waals surface area (Å²) in [6, 6.07) is 0.660. The van der Waals surface area contributed by atoms with Gasteiger partial charge in [-0.15, -0.1) is 0 Å². The van der Waals surface area contributed by atoms with Crippen LogP contribution < -0.4 is 0 Å². The minimum atomic E-state index is 0.147. The van der Waals surface area contributed by atoms with E-state index in [9.17, 15) is 4.79 Å². The lowest BCUT2D eigenvalue weighted by Gasteiger charge is -2.51. The normalized spacial score (nSPS) is 31.6. The SMILES string of the molecule is COCCN1CC[C@@]2(CCC1=O)CN(C1CCOCC1)CCN2C. The van der Waals surface area contributed by atoms with Gasteiger partial charge in [0.05, 0.1) is 6.61 Å². The Balaban J connectivity index is 1.66. The van der Waals surface area contributed by atoms with Crippen molar-refractivity contribution in [1.29, 1.82) is 0 Å². The topological polar surface area (TPSA) is 45.3 Å². The van der Waals surface area contributed by atoms with Gasteiger partial charge < -0.3 is 14.4 Å². The molecule has 3 saturated heterocycles. The maximum atomic E-state index is 12.5. The van der Waals surface area contributed by atoms with Crippen LogP contribution in [0, 0.1) is 0 Å². The first-order valence-electron chi connectivity index (χ1n) is 9.44. The third kappa shape index (κ3) is 3.93. The second kappa shape index (κ2) is 8.13. The monoisotopic (exact) mass is 339 g/mol. The number of carbonyl (C=O) groups excluding carboxylic acids is 1. The van der Waals surface area contributed by atoms with Gasteiger partial charge >= 0.3 is 0 Å². The quantitative estimate of drug-likeness (QED) is 0.758. The number of amides is 1. The van der Waals surface area contributed by atoms with Gasteiger partial charge in [-0.2, -0.15) is 0 Å². The van der Waals surface area contributed by atoms with Crippen molar-refractivity contribution in [2.75, 3.05) is 66.7 Å². The largest absolute Gasteiger partial charge is 0.383 e. The zero-order valence-electron chi connectivity index (χ0n) is 15.3. The minimum Gasteiger partial charge on any atom is -0.383 e. The molecule has 0 radical (unpaired) electrons. The zero-order chi connectivity index (χ0) is 17.0. The van der Waals surface area contributed by atoms with E-state index in [0.29, 0.717) is 25.0 Å². The number of hydrogen-bond donors (Lipinski definition) is 0. The molecule has 0 N–H and O–H groups in total. The van der Waals surface area contributed by atoms with Crippen molar-refractivity contribution in [3.05, 3.63) is 0 Å². The number of nitrogens with zero attached hydrogens (tertiary/aromatic N) is 3. The number of rotatable bonds is 4. The molecule has 0 aliphatic carbocycles. The second-order valence-electron chi connectivity index (χ2n) is 7.58. The summed E-state index contributed by atoms with van der Waals surface area (Å²) < 4.78 is 10.7. The van der Waals surface area contributed by atoms with E-state index in [1.54, 1.807) is 7.11 Å². The molecular weight excluding hydrogens is 306 g/mol. The van der Waals surface area contributed by atoms with Crippen molar-refractivity contribution in [2.24, 2.45) is 0 Å². The summed E-state index contributed by atoms with van der Waals surface area (Å²) in [5, 5.41) is 0. The number of likely N-dealkylation sites (N-methyl/N-ethyl adjacent to an activating group) is 1. The molecule has 6 heteroatoms. The van der Waals surface area contributed by atoms with Gasteiger partial charge in [-0.3, -0.25) is 14.6 Å². The lowest BCUT2D eigenvalue weighted by molar-refractivity contribution is -0.131. The summed E-state index contributed by atoms with van der Waals surface area (Å²) in [6.45, 7) is 7.34. The van der Waals surface area contributed by atoms with Crippen molar-refractivity contribution in [2.45, 2.75) is 43.7 Å². The molecule has 3 aliphatic rings. The molecular formula is C18H33N3O3. The molecule has 0 aromatic heterocycles. The van der Waals surface area contributed by atoms with Crippen LogP contribution in [0.15, 0.2) is 0 Å². The smallest absolute Gasteiger partial charge is 0.222 e. The molecule has 24 heavy (non-hydrogen) atoms. The molecule has 0 aromatic rings. The fourth-order valence-electron chi connectivity index (χ4n) is 4.52. The van der Waals surface area contributed by atoms with Crippen molar-refractivity contribution < 1.29 is 14.3 Å². The van der Waals surface area contributed by atoms with Crippen LogP contribution in [0.25, 0.3) is 0 Å². The number of piperazine rings is 1. The Bertz CT molecular complexity index is 428. The first-order valence-corrected chi connectivity index (χ1v) is 9.44. The highest BCUT2D eigenvalue weighted by molar-refractivity contribution is 5.76. The summed E-state index contributed by atoms with van der Waals surface area (Å²) in [4.78, 5) is 19.7. The Morgan fingerprint density at radius 3 is 2.75 bits per heavy atom. The number of hydrogen-bond acceptors (Lipinski definition) is 5. The zero-order valence-corrected chi connectivity index (χ0v) is 15.3. The molecule has 0 aromatic carbocycles. The first-order chi connectivity index (χ1) is 11.6. The number of carbonyl (C=O) groups is 1. The molecule has 0 bridgehead atoms. The van der Waals surface area contributed by atoms with Crippen molar-refractivity contribution >= 4 is 5.91 Å². The summed E-state index contributed by atoms with van der Waals surface area (Å²) >= 11 is 0. The molecule has 3 aliphatic heterocycles. The number of likely N-dealkylation sites (tertiary alicyclic amines) is 1. The van der Waals surface area contributed by atoms with E-state index in [-0.39, 0.29) is 5.54 Å². The highest BCUT2D eigenvalue weighted by atomic mass is 16.5. The van der Waals surface area contributed by atoms with Crippen molar-refractivity contribution in [3.63, 3.8) is 0 Å². The van der Waals surface area contributed by atoms with Crippen LogP contribution in [0.2, 0.25) is 0 Å². The van der Waals surface area contributed by atoms with E-state index in [0.717, 1.165) is 71.6 Å². The van der Waals surface area contributed by atoms with Crippen molar-refractivity contribution in [3.8, 4) is 0 Å². The molecule has 6 nitrogen and oxygen atoms in total. The third-order valence-corrected chi connectivity index (χ3v) is 6.31. The average Bonchev–Trinajstić information content (AvgIpc) is 2.77. The fourth-order valence-corrected chi connectivity index (χ4v) is 4.52. The lowest BCUT2D eigenvalue weighted by Crippen LogP contribution is -2.63. The highest BCUT2D eigenvalue weighted by Gasteiger charge is 2.43. The molecule has 3 fully saturated rings. The van der Waals surface area contributed by atoms with Gasteiger partial charge in [0.1, 0.15) is 0 Å². The molecule has 0 unspecified atom stereocenters. The van der Waals surface area contributed by atoms with E-state index < -0.39 is 0 Å². The summed E-state index contributed by atoms with van der Waals surface area (Å²) in [5.41, 5.74) is 0.147. The van der Waals surface area contributed by atoms with Crippen LogP contribution in [0.3, 0.4) is 0 Å². The van der Waals surface area contributed by atoms with Crippen LogP contribution in [-0.4, -0.2) is 98.9 Å². The van der Waals surface area contributed by atoms with E-state index in [2.05, 4.69) is 16.8 Å². The van der Waals surface area contributed by atoms with Crippen LogP contribution in [-0.2, 0) is 14.3 Å². The molecule has 138 valence electrons. The van der Waals surface area contributed by atoms with Crippen LogP contribution in [0.4, 0.5) is 0 Å². The van der Waals surface area contributed by atoms with Gasteiger partial charge in [-0.1, -0.05) is 0 Å². The highest BCUT2D eigenvalue weighted by Crippen LogP contribution is 2.33. The fraction of sp³-hybridized carbons (Fsp3) is 0.944. The van der Waals surface area contributed by atoms with E-state index in [1.807, 2.05) is 4.90 Å². The van der Waals surface area contributed by atoms with Gasteiger partial charge in [-0.25, -0.2) is 0 Å². The first kappa shape index (κ1) is 18.1. The average molecular weight is 339 g/mol. The molecule has 1 spiro atoms. The number of methoxy groups -OCH3 is 1. The molecule has 1 amide bonds. The van der Waals surface area contributed by atoms with E-state index in [1.165, 1.54) is 0 Å². The van der Waals surface area contributed by atoms with Gasteiger partial charge in [0.2, 0.25) is 5.91 Å². The summed E-state index contributed by atoms with van der Waals surface area (Å²) in [7, 11) is 3.95. The van der Waals surface area contributed by atoms with Crippen LogP contribution in [0.1, 0.15) is 32.1 Å². The van der Waals surface area contributed by atoms with Crippen molar-refractivity contribution in [1.82, 2.24) is 14.7 Å². The Kier molecular flexibility index (Phi) is 6.13. The van der Waals surface area contributed by atoms with Gasteiger partial charge in [0.25, 0.3) is 0 Å². The summed E-state index contributed by atoms with van der Waals surface area (Å²) in [6.07, 6.45) is 5.01. The standard InChI is InChI=1S/C18H33N3O3/c1-19-9-10-21(16-4-12-24-13-5-16)15-18(19)6-3-17(22)20(8-7-18)11-14-23-2/h16H,3-15H2,1-2H3/t18-/m0/s1. The van der Waals surface area contributed by atoms with E-state index in [4.69, 9.17) is 9.47 Å². The molecule has 1 atom stereocenters. The second-order valence-corrected chi connectivity index (χ2v) is 7.58. The Morgan fingerprint density at radius 1 is 1.21 bits per heavy atom. The van der Waals surface area contributed by atoms with Gasteiger partial charge in [0.15, 0.2) is 0 Å². The minimum absolute atomic E-state index is 0.147. The third-order valence-electron chi connectivity index (χ3n) is 6.31. The summed E-state index contributed by atoms with van der Waals surface area (Å²) in [5.74, 6) is 0.292. The van der Waals surface area contributed by atoms with E-state index >= 15 is 0 Å². The predicted molar refractivity (Wildman–Crippen MR) is 93.1 cm³/mol. The lowest BCUT2D eigenvalue weighted by atomic mass is 9.85. The molecule has 3 heterocycles. The Labute approximate surface area is 146 Å². The van der Waals surface area contributed by atoms with Crippen LogP contribution >= 0.6 is 0 Å². The Morgan fingerprint density at radius 2 is 2.00 bits per heavy atom. The Hall–Kier alpha value is -0.690. The predicted octanol–water partition coefficient (Wildman–Crippen LogP) is 0.811. The van der Waals surface area contributed by atoms with Gasteiger partial charge in [0, 0.05) is 71.0 Å². The van der Waals surface area contributed by atoms with Crippen LogP contribution in [0.5, 0.6) is 0 Å².